The quantitative estimate of drug-likeness (QED) is 0.772. The third-order valence-electron chi connectivity index (χ3n) is 2.77. The molecule has 0 amide bonds. The van der Waals surface area contributed by atoms with Gasteiger partial charge in [0.25, 0.3) is 0 Å². The zero-order valence-electron chi connectivity index (χ0n) is 10.6. The number of carbonyl (C=O) groups is 1. The van der Waals surface area contributed by atoms with E-state index in [1.54, 1.807) is 4.68 Å². The van der Waals surface area contributed by atoms with Gasteiger partial charge in [-0.25, -0.2) is 9.48 Å². The molecule has 0 unspecified atom stereocenters. The van der Waals surface area contributed by atoms with Crippen LogP contribution in [0.25, 0.3) is 0 Å². The van der Waals surface area contributed by atoms with Gasteiger partial charge >= 0.3 is 5.97 Å². The zero-order valence-corrected chi connectivity index (χ0v) is 10.6. The van der Waals surface area contributed by atoms with Crippen LogP contribution in [0.15, 0.2) is 12.2 Å². The summed E-state index contributed by atoms with van der Waals surface area (Å²) in [5.74, 6) is -0.838. The van der Waals surface area contributed by atoms with Crippen molar-refractivity contribution in [2.75, 3.05) is 0 Å². The highest BCUT2D eigenvalue weighted by Gasteiger charge is 2.24. The number of hydrogen-bond acceptors (Lipinski definition) is 3. The number of nitrogens with zero attached hydrogens (tertiary/aromatic N) is 3. The minimum atomic E-state index is -1.01. The molecule has 94 valence electrons. The highest BCUT2D eigenvalue weighted by atomic mass is 16.4. The Morgan fingerprint density at radius 3 is 2.47 bits per heavy atom. The van der Waals surface area contributed by atoms with Gasteiger partial charge in [-0.05, 0) is 19.8 Å². The number of aromatic nitrogens is 3. The largest absolute Gasteiger partial charge is 0.476 e. The van der Waals surface area contributed by atoms with E-state index in [0.717, 1.165) is 18.4 Å². The molecule has 0 aliphatic carbocycles. The first-order chi connectivity index (χ1) is 8.01. The standard InChI is InChI=1S/C12H19N3O2/c1-5-9(6-2)11-10(12(16)17)13-14-15(11)7-8(3)4/h9H,3,5-7H2,1-2,4H3,(H,16,17). The first-order valence-corrected chi connectivity index (χ1v) is 5.82. The smallest absolute Gasteiger partial charge is 0.358 e. The molecule has 5 heteroatoms. The molecule has 1 aromatic rings. The van der Waals surface area contributed by atoms with E-state index < -0.39 is 5.97 Å². The van der Waals surface area contributed by atoms with Crippen molar-refractivity contribution in [2.45, 2.75) is 46.1 Å². The summed E-state index contributed by atoms with van der Waals surface area (Å²) < 4.78 is 1.66. The maximum Gasteiger partial charge on any atom is 0.358 e. The molecule has 0 aliphatic heterocycles. The van der Waals surface area contributed by atoms with E-state index in [-0.39, 0.29) is 11.6 Å². The molecule has 0 bridgehead atoms. The SMILES string of the molecule is C=C(C)Cn1nnc(C(=O)O)c1C(CC)CC. The van der Waals surface area contributed by atoms with E-state index in [1.807, 2.05) is 20.8 Å². The summed E-state index contributed by atoms with van der Waals surface area (Å²) in [4.78, 5) is 11.1. The number of carboxylic acid groups (broad SMARTS) is 1. The summed E-state index contributed by atoms with van der Waals surface area (Å²) in [6, 6.07) is 0. The van der Waals surface area contributed by atoms with E-state index in [1.165, 1.54) is 0 Å². The van der Waals surface area contributed by atoms with Crippen molar-refractivity contribution in [3.05, 3.63) is 23.5 Å². The van der Waals surface area contributed by atoms with Crippen molar-refractivity contribution in [3.8, 4) is 0 Å². The van der Waals surface area contributed by atoms with Crippen LogP contribution in [0.3, 0.4) is 0 Å². The van der Waals surface area contributed by atoms with Crippen molar-refractivity contribution in [3.63, 3.8) is 0 Å². The molecule has 0 radical (unpaired) electrons. The molecule has 1 rings (SSSR count). The van der Waals surface area contributed by atoms with E-state index >= 15 is 0 Å². The molecule has 0 fully saturated rings. The van der Waals surface area contributed by atoms with Crippen LogP contribution in [0.2, 0.25) is 0 Å². The summed E-state index contributed by atoms with van der Waals surface area (Å²) >= 11 is 0. The minimum absolute atomic E-state index is 0.0694. The summed E-state index contributed by atoms with van der Waals surface area (Å²) in [5.41, 5.74) is 1.71. The number of carboxylic acids is 1. The van der Waals surface area contributed by atoms with Gasteiger partial charge in [0, 0.05) is 5.92 Å². The van der Waals surface area contributed by atoms with Crippen LogP contribution >= 0.6 is 0 Å². The molecule has 0 atom stereocenters. The van der Waals surface area contributed by atoms with Crippen LogP contribution < -0.4 is 0 Å². The predicted molar refractivity (Wildman–Crippen MR) is 65.1 cm³/mol. The van der Waals surface area contributed by atoms with Crippen molar-refractivity contribution in [1.29, 1.82) is 0 Å². The molecule has 0 aromatic carbocycles. The van der Waals surface area contributed by atoms with Crippen molar-refractivity contribution in [1.82, 2.24) is 15.0 Å². The van der Waals surface area contributed by atoms with Gasteiger partial charge in [0.1, 0.15) is 0 Å². The molecule has 0 aliphatic rings. The fourth-order valence-corrected chi connectivity index (χ4v) is 1.92. The lowest BCUT2D eigenvalue weighted by atomic mass is 9.97. The third-order valence-corrected chi connectivity index (χ3v) is 2.77. The highest BCUT2D eigenvalue weighted by molar-refractivity contribution is 5.86. The summed E-state index contributed by atoms with van der Waals surface area (Å²) in [6.07, 6.45) is 1.75. The van der Waals surface area contributed by atoms with E-state index in [0.29, 0.717) is 12.2 Å². The molecule has 5 nitrogen and oxygen atoms in total. The van der Waals surface area contributed by atoms with Crippen molar-refractivity contribution in [2.24, 2.45) is 0 Å². The van der Waals surface area contributed by atoms with Crippen molar-refractivity contribution >= 4 is 5.97 Å². The Morgan fingerprint density at radius 2 is 2.06 bits per heavy atom. The van der Waals surface area contributed by atoms with Gasteiger partial charge < -0.3 is 5.11 Å². The third kappa shape index (κ3) is 2.93. The first kappa shape index (κ1) is 13.4. The topological polar surface area (TPSA) is 68.0 Å². The lowest BCUT2D eigenvalue weighted by Crippen LogP contribution is -2.13. The second-order valence-electron chi connectivity index (χ2n) is 4.26. The average Bonchev–Trinajstić information content (AvgIpc) is 2.63. The average molecular weight is 237 g/mol. The molecule has 1 heterocycles. The second kappa shape index (κ2) is 5.61. The Hall–Kier alpha value is -1.65. The molecule has 0 saturated carbocycles. The number of hydrogen-bond donors (Lipinski definition) is 1. The van der Waals surface area contributed by atoms with Crippen molar-refractivity contribution < 1.29 is 9.90 Å². The van der Waals surface area contributed by atoms with Crippen LogP contribution in [-0.2, 0) is 6.54 Å². The van der Waals surface area contributed by atoms with Crippen LogP contribution in [0.5, 0.6) is 0 Å². The second-order valence-corrected chi connectivity index (χ2v) is 4.26. The minimum Gasteiger partial charge on any atom is -0.476 e. The normalized spacial score (nSPS) is 10.8. The Bertz CT molecular complexity index is 419. The summed E-state index contributed by atoms with van der Waals surface area (Å²) in [6.45, 7) is 10.3. The van der Waals surface area contributed by atoms with Gasteiger partial charge in [-0.2, -0.15) is 0 Å². The number of aromatic carboxylic acids is 1. The van der Waals surface area contributed by atoms with Gasteiger partial charge in [0.05, 0.1) is 12.2 Å². The van der Waals surface area contributed by atoms with Gasteiger partial charge in [0.15, 0.2) is 5.69 Å². The van der Waals surface area contributed by atoms with Gasteiger partial charge in [-0.15, -0.1) is 5.10 Å². The van der Waals surface area contributed by atoms with Crippen LogP contribution in [-0.4, -0.2) is 26.1 Å². The Morgan fingerprint density at radius 1 is 1.47 bits per heavy atom. The predicted octanol–water partition coefficient (Wildman–Crippen LogP) is 2.46. The Kier molecular flexibility index (Phi) is 4.43. The van der Waals surface area contributed by atoms with Crippen LogP contribution in [0.1, 0.15) is 55.7 Å². The van der Waals surface area contributed by atoms with E-state index in [4.69, 9.17) is 5.11 Å². The van der Waals surface area contributed by atoms with Gasteiger partial charge in [-0.1, -0.05) is 31.2 Å². The number of rotatable bonds is 6. The highest BCUT2D eigenvalue weighted by Crippen LogP contribution is 2.25. The molecular formula is C12H19N3O2. The van der Waals surface area contributed by atoms with Gasteiger partial charge in [0.2, 0.25) is 0 Å². The zero-order chi connectivity index (χ0) is 13.0. The van der Waals surface area contributed by atoms with Crippen LogP contribution in [0, 0.1) is 0 Å². The Balaban J connectivity index is 3.22. The summed E-state index contributed by atoms with van der Waals surface area (Å²) in [7, 11) is 0. The lowest BCUT2D eigenvalue weighted by molar-refractivity contribution is 0.0688. The first-order valence-electron chi connectivity index (χ1n) is 5.82. The molecule has 0 saturated heterocycles. The monoisotopic (exact) mass is 237 g/mol. The molecular weight excluding hydrogens is 218 g/mol. The van der Waals surface area contributed by atoms with E-state index in [2.05, 4.69) is 16.9 Å². The fraction of sp³-hybridized carbons (Fsp3) is 0.583. The molecule has 0 spiro atoms. The Labute approximate surface area is 101 Å². The fourth-order valence-electron chi connectivity index (χ4n) is 1.92. The van der Waals surface area contributed by atoms with Crippen LogP contribution in [0.4, 0.5) is 0 Å². The molecule has 1 N–H and O–H groups in total. The molecule has 17 heavy (non-hydrogen) atoms. The lowest BCUT2D eigenvalue weighted by Gasteiger charge is -2.15. The maximum absolute atomic E-state index is 11.1. The summed E-state index contributed by atoms with van der Waals surface area (Å²) in [5, 5.41) is 16.8. The number of allylic oxidation sites excluding steroid dienone is 1. The van der Waals surface area contributed by atoms with E-state index in [9.17, 15) is 4.79 Å². The maximum atomic E-state index is 11.1. The molecule has 1 aromatic heterocycles. The van der Waals surface area contributed by atoms with Gasteiger partial charge in [-0.3, -0.25) is 0 Å².